The van der Waals surface area contributed by atoms with Crippen molar-refractivity contribution in [2.45, 2.75) is 6.92 Å². The fourth-order valence-corrected chi connectivity index (χ4v) is 1.03. The van der Waals surface area contributed by atoms with Crippen molar-refractivity contribution in [2.24, 2.45) is 0 Å². The largest absolute Gasteiger partial charge is 0.478 e. The molecule has 0 saturated carbocycles. The number of hydrogen-bond acceptors (Lipinski definition) is 4. The second kappa shape index (κ2) is 5.51. The summed E-state index contributed by atoms with van der Waals surface area (Å²) in [4.78, 5) is 25.0. The Morgan fingerprint density at radius 1 is 1.59 bits per heavy atom. The van der Waals surface area contributed by atoms with Crippen LogP contribution >= 0.6 is 0 Å². The van der Waals surface area contributed by atoms with Crippen molar-refractivity contribution < 1.29 is 14.7 Å². The van der Waals surface area contributed by atoms with Gasteiger partial charge in [-0.25, -0.2) is 9.78 Å². The molecule has 4 N–H and O–H groups in total. The zero-order valence-electron chi connectivity index (χ0n) is 9.15. The number of aromatic carboxylic acids is 1. The van der Waals surface area contributed by atoms with E-state index in [1.54, 1.807) is 0 Å². The van der Waals surface area contributed by atoms with Crippen molar-refractivity contribution in [1.29, 1.82) is 0 Å². The molecule has 0 fully saturated rings. The first kappa shape index (κ1) is 12.5. The fraction of sp³-hybridized carbons (Fsp3) is 0.182. The average molecular weight is 233 g/mol. The lowest BCUT2D eigenvalue weighted by Gasteiger charge is -1.99. The summed E-state index contributed by atoms with van der Waals surface area (Å²) in [6.45, 7) is 1.58. The topological polar surface area (TPSA) is 105 Å². The van der Waals surface area contributed by atoms with Gasteiger partial charge in [0.25, 0.3) is 0 Å². The van der Waals surface area contributed by atoms with Crippen LogP contribution in [0.5, 0.6) is 0 Å². The number of pyridine rings is 1. The van der Waals surface area contributed by atoms with Crippen LogP contribution in [0.25, 0.3) is 0 Å². The minimum atomic E-state index is -1.15. The van der Waals surface area contributed by atoms with Crippen LogP contribution in [0.3, 0.4) is 0 Å². The van der Waals surface area contributed by atoms with Crippen molar-refractivity contribution in [3.63, 3.8) is 0 Å². The lowest BCUT2D eigenvalue weighted by molar-refractivity contribution is -0.118. The Labute approximate surface area is 97.8 Å². The van der Waals surface area contributed by atoms with E-state index in [4.69, 9.17) is 10.8 Å². The molecule has 0 aliphatic carbocycles. The van der Waals surface area contributed by atoms with Gasteiger partial charge in [-0.1, -0.05) is 11.8 Å². The van der Waals surface area contributed by atoms with Crippen molar-refractivity contribution in [3.8, 4) is 11.8 Å². The van der Waals surface area contributed by atoms with Crippen LogP contribution < -0.4 is 11.1 Å². The van der Waals surface area contributed by atoms with Crippen molar-refractivity contribution in [2.75, 3.05) is 12.3 Å². The summed E-state index contributed by atoms with van der Waals surface area (Å²) < 4.78 is 0. The molecule has 0 aliphatic rings. The highest BCUT2D eigenvalue weighted by Crippen LogP contribution is 2.09. The van der Waals surface area contributed by atoms with Crippen LogP contribution in [0, 0.1) is 11.8 Å². The molecular weight excluding hydrogens is 222 g/mol. The monoisotopic (exact) mass is 233 g/mol. The summed E-state index contributed by atoms with van der Waals surface area (Å²) in [5.41, 5.74) is 5.73. The fourth-order valence-electron chi connectivity index (χ4n) is 1.03. The third-order valence-corrected chi connectivity index (χ3v) is 1.81. The molecule has 88 valence electrons. The lowest BCUT2D eigenvalue weighted by Crippen LogP contribution is -2.19. The Balaban J connectivity index is 2.82. The second-order valence-corrected chi connectivity index (χ2v) is 3.17. The quantitative estimate of drug-likeness (QED) is 0.616. The highest BCUT2D eigenvalue weighted by Gasteiger charge is 2.08. The number of carboxylic acid groups (broad SMARTS) is 1. The van der Waals surface area contributed by atoms with Gasteiger partial charge < -0.3 is 16.2 Å². The van der Waals surface area contributed by atoms with Crippen molar-refractivity contribution in [3.05, 3.63) is 23.4 Å². The minimum Gasteiger partial charge on any atom is -0.478 e. The number of nitrogens with zero attached hydrogens (tertiary/aromatic N) is 1. The number of rotatable bonds is 2. The molecule has 0 aliphatic heterocycles. The molecule has 1 rings (SSSR count). The molecule has 0 aromatic carbocycles. The maximum atomic E-state index is 10.8. The number of hydrogen-bond donors (Lipinski definition) is 3. The third-order valence-electron chi connectivity index (χ3n) is 1.81. The van der Waals surface area contributed by atoms with Crippen LogP contribution in [0.1, 0.15) is 22.8 Å². The molecule has 0 unspecified atom stereocenters. The van der Waals surface area contributed by atoms with E-state index in [1.807, 2.05) is 0 Å². The molecule has 0 saturated heterocycles. The number of nitrogens with two attached hydrogens (primary N) is 1. The molecule has 0 radical (unpaired) electrons. The Morgan fingerprint density at radius 3 is 2.88 bits per heavy atom. The van der Waals surface area contributed by atoms with Crippen LogP contribution in [0.2, 0.25) is 0 Å². The first-order chi connectivity index (χ1) is 8.00. The first-order valence-electron chi connectivity index (χ1n) is 4.73. The number of carboxylic acids is 1. The number of amides is 1. The number of nitrogen functional groups attached to an aromatic ring is 1. The van der Waals surface area contributed by atoms with Gasteiger partial charge in [0.05, 0.1) is 6.54 Å². The summed E-state index contributed by atoms with van der Waals surface area (Å²) in [6, 6.07) is 1.34. The number of carbonyl (C=O) groups excluding carboxylic acids is 1. The maximum Gasteiger partial charge on any atom is 0.339 e. The van der Waals surface area contributed by atoms with Crippen LogP contribution in [-0.2, 0) is 4.79 Å². The Bertz CT molecular complexity index is 514. The first-order valence-corrected chi connectivity index (χ1v) is 4.73. The van der Waals surface area contributed by atoms with Crippen LogP contribution in [0.15, 0.2) is 12.3 Å². The van der Waals surface area contributed by atoms with E-state index in [1.165, 1.54) is 19.2 Å². The molecule has 1 aromatic heterocycles. The third kappa shape index (κ3) is 3.83. The van der Waals surface area contributed by atoms with Crippen molar-refractivity contribution >= 4 is 17.7 Å². The SMILES string of the molecule is CC(=O)NCC#Cc1cnc(N)c(C(=O)O)c1. The van der Waals surface area contributed by atoms with E-state index in [0.717, 1.165) is 0 Å². The van der Waals surface area contributed by atoms with Gasteiger partial charge in [-0.15, -0.1) is 0 Å². The highest BCUT2D eigenvalue weighted by molar-refractivity contribution is 5.92. The average Bonchev–Trinajstić information content (AvgIpc) is 2.25. The molecule has 0 bridgehead atoms. The molecule has 6 nitrogen and oxygen atoms in total. The van der Waals surface area contributed by atoms with E-state index in [9.17, 15) is 9.59 Å². The molecule has 17 heavy (non-hydrogen) atoms. The molecule has 1 amide bonds. The standard InChI is InChI=1S/C11H11N3O3/c1-7(15)13-4-2-3-8-5-9(11(16)17)10(12)14-6-8/h5-6H,4H2,1H3,(H2,12,14)(H,13,15)(H,16,17). The number of aromatic nitrogens is 1. The van der Waals surface area contributed by atoms with Gasteiger partial charge in [-0.2, -0.15) is 0 Å². The lowest BCUT2D eigenvalue weighted by atomic mass is 10.2. The number of carbonyl (C=O) groups is 2. The van der Waals surface area contributed by atoms with Gasteiger partial charge in [0.15, 0.2) is 0 Å². The molecule has 1 aromatic rings. The normalized spacial score (nSPS) is 9.00. The summed E-state index contributed by atoms with van der Waals surface area (Å²) in [5.74, 6) is 3.96. The van der Waals surface area contributed by atoms with E-state index in [0.29, 0.717) is 5.56 Å². The summed E-state index contributed by atoms with van der Waals surface area (Å²) in [5, 5.41) is 11.3. The second-order valence-electron chi connectivity index (χ2n) is 3.17. The van der Waals surface area contributed by atoms with Gasteiger partial charge in [-0.3, -0.25) is 4.79 Å². The van der Waals surface area contributed by atoms with Gasteiger partial charge in [0.1, 0.15) is 11.4 Å². The predicted octanol–water partition coefficient (Wildman–Crippen LogP) is -0.150. The summed E-state index contributed by atoms with van der Waals surface area (Å²) in [7, 11) is 0. The number of nitrogens with one attached hydrogen (secondary N) is 1. The van der Waals surface area contributed by atoms with Gasteiger partial charge in [0, 0.05) is 18.7 Å². The van der Waals surface area contributed by atoms with Crippen LogP contribution in [-0.4, -0.2) is 28.5 Å². The minimum absolute atomic E-state index is 0.0510. The molecule has 0 atom stereocenters. The van der Waals surface area contributed by atoms with Crippen LogP contribution in [0.4, 0.5) is 5.82 Å². The Kier molecular flexibility index (Phi) is 4.06. The Hall–Kier alpha value is -2.55. The Morgan fingerprint density at radius 2 is 2.29 bits per heavy atom. The van der Waals surface area contributed by atoms with E-state index >= 15 is 0 Å². The molecule has 6 heteroatoms. The summed E-state index contributed by atoms with van der Waals surface area (Å²) >= 11 is 0. The smallest absolute Gasteiger partial charge is 0.339 e. The zero-order valence-corrected chi connectivity index (χ0v) is 9.15. The predicted molar refractivity (Wildman–Crippen MR) is 61.2 cm³/mol. The van der Waals surface area contributed by atoms with E-state index in [2.05, 4.69) is 22.1 Å². The molecule has 1 heterocycles. The maximum absolute atomic E-state index is 10.8. The van der Waals surface area contributed by atoms with Gasteiger partial charge >= 0.3 is 5.97 Å². The van der Waals surface area contributed by atoms with E-state index in [-0.39, 0.29) is 23.8 Å². The summed E-state index contributed by atoms with van der Waals surface area (Å²) in [6.07, 6.45) is 1.38. The molecule has 0 spiro atoms. The van der Waals surface area contributed by atoms with Gasteiger partial charge in [0.2, 0.25) is 5.91 Å². The highest BCUT2D eigenvalue weighted by atomic mass is 16.4. The van der Waals surface area contributed by atoms with E-state index < -0.39 is 5.97 Å². The van der Waals surface area contributed by atoms with Crippen molar-refractivity contribution in [1.82, 2.24) is 10.3 Å². The number of anilines is 1. The van der Waals surface area contributed by atoms with Gasteiger partial charge in [-0.05, 0) is 6.07 Å². The molecular formula is C11H11N3O3. The zero-order chi connectivity index (χ0) is 12.8.